The van der Waals surface area contributed by atoms with Crippen molar-refractivity contribution in [1.82, 2.24) is 0 Å². The first-order valence-electron chi connectivity index (χ1n) is 3.07. The molecular weight excluding hydrogens is 128 g/mol. The molecule has 0 aliphatic rings. The van der Waals surface area contributed by atoms with Crippen LogP contribution in [-0.2, 0) is 12.6 Å². The number of hydrogen-bond acceptors (Lipinski definition) is 0. The van der Waals surface area contributed by atoms with Crippen molar-refractivity contribution >= 4 is 12.6 Å². The summed E-state index contributed by atoms with van der Waals surface area (Å²) in [6, 6.07) is 10.3. The fraction of sp³-hybridized carbons (Fsp3) is 0.250. The minimum Gasteiger partial charge on any atom is -0.0622 e. The van der Waals surface area contributed by atoms with Crippen molar-refractivity contribution < 1.29 is 0 Å². The van der Waals surface area contributed by atoms with E-state index in [0.717, 1.165) is 0 Å². The lowest BCUT2D eigenvalue weighted by Crippen LogP contribution is -1.84. The summed E-state index contributed by atoms with van der Waals surface area (Å²) < 4.78 is 0. The van der Waals surface area contributed by atoms with Crippen molar-refractivity contribution in [2.45, 2.75) is 12.2 Å². The van der Waals surface area contributed by atoms with Crippen LogP contribution in [-0.4, -0.2) is 0 Å². The lowest BCUT2D eigenvalue weighted by atomic mass is 10.2. The lowest BCUT2D eigenvalue weighted by molar-refractivity contribution is 1.11. The molecule has 0 aliphatic heterocycles. The summed E-state index contributed by atoms with van der Waals surface area (Å²) in [7, 11) is 0. The van der Waals surface area contributed by atoms with Gasteiger partial charge in [-0.15, -0.1) is 0 Å². The third-order valence-corrected chi connectivity index (χ3v) is 1.63. The van der Waals surface area contributed by atoms with E-state index in [1.54, 1.807) is 0 Å². The highest BCUT2D eigenvalue weighted by atomic mass is 32.1. The maximum Gasteiger partial charge on any atom is 0.135 e. The summed E-state index contributed by atoms with van der Waals surface area (Å²) in [5.41, 5.74) is 1.33. The van der Waals surface area contributed by atoms with Gasteiger partial charge in [0, 0.05) is 5.56 Å². The molecular formula is C8H11S+. The van der Waals surface area contributed by atoms with Crippen LogP contribution in [0.2, 0.25) is 0 Å². The van der Waals surface area contributed by atoms with Crippen LogP contribution in [0.3, 0.4) is 0 Å². The third-order valence-electron chi connectivity index (χ3n) is 1.30. The highest BCUT2D eigenvalue weighted by Crippen LogP contribution is 2.10. The van der Waals surface area contributed by atoms with Gasteiger partial charge in [0.15, 0.2) is 0 Å². The average molecular weight is 139 g/mol. The molecule has 0 radical (unpaired) electrons. The number of benzene rings is 1. The first-order chi connectivity index (χ1) is 4.30. The minimum atomic E-state index is 0.464. The molecule has 0 fully saturated rings. The Balaban J connectivity index is 2.85. The predicted molar refractivity (Wildman–Crippen MR) is 45.0 cm³/mol. The normalized spacial score (nSPS) is 13.1. The van der Waals surface area contributed by atoms with Gasteiger partial charge in [-0.25, -0.2) is 0 Å². The molecule has 0 N–H and O–H groups in total. The molecule has 9 heavy (non-hydrogen) atoms. The maximum atomic E-state index is 3.53. The Bertz CT molecular complexity index is 167. The molecule has 1 aromatic carbocycles. The third kappa shape index (κ3) is 1.75. The highest BCUT2D eigenvalue weighted by molar-refractivity contribution is 7.59. The summed E-state index contributed by atoms with van der Waals surface area (Å²) in [6.45, 7) is 2.12. The standard InChI is InChI=1S/C8H10S/c1-7(9)8-5-3-2-4-6-8/h2-7,9H,1H3/p+1. The minimum absolute atomic E-state index is 0.464. The van der Waals surface area contributed by atoms with Gasteiger partial charge in [-0.3, -0.25) is 0 Å². The van der Waals surface area contributed by atoms with E-state index >= 15 is 0 Å². The molecule has 1 aromatic rings. The molecule has 0 heterocycles. The molecule has 1 rings (SSSR count). The second-order valence-corrected chi connectivity index (χ2v) is 3.00. The summed E-state index contributed by atoms with van der Waals surface area (Å²) in [6.07, 6.45) is 0. The summed E-state index contributed by atoms with van der Waals surface area (Å²) in [5, 5.41) is 0.464. The fourth-order valence-corrected chi connectivity index (χ4v) is 0.934. The van der Waals surface area contributed by atoms with Gasteiger partial charge < -0.3 is 0 Å². The molecule has 0 spiro atoms. The van der Waals surface area contributed by atoms with Crippen molar-refractivity contribution in [3.05, 3.63) is 35.9 Å². The maximum absolute atomic E-state index is 3.53. The molecule has 0 saturated heterocycles. The van der Waals surface area contributed by atoms with Crippen LogP contribution in [0.4, 0.5) is 0 Å². The van der Waals surface area contributed by atoms with Crippen LogP contribution < -0.4 is 0 Å². The van der Waals surface area contributed by atoms with Gasteiger partial charge in [0.2, 0.25) is 0 Å². The van der Waals surface area contributed by atoms with Crippen LogP contribution in [0.1, 0.15) is 17.7 Å². The molecule has 1 unspecified atom stereocenters. The first-order valence-corrected chi connectivity index (χ1v) is 3.64. The van der Waals surface area contributed by atoms with Crippen LogP contribution >= 0.6 is 0 Å². The molecule has 0 bridgehead atoms. The van der Waals surface area contributed by atoms with E-state index in [4.69, 9.17) is 0 Å². The van der Waals surface area contributed by atoms with Gasteiger partial charge in [0.05, 0.1) is 0 Å². The van der Waals surface area contributed by atoms with Gasteiger partial charge in [0.25, 0.3) is 0 Å². The Hall–Kier alpha value is -0.430. The second kappa shape index (κ2) is 2.92. The SMILES string of the molecule is CC([SH2+])c1ccccc1. The van der Waals surface area contributed by atoms with Gasteiger partial charge in [-0.05, 0) is 19.6 Å². The Morgan fingerprint density at radius 3 is 2.11 bits per heavy atom. The molecule has 0 amide bonds. The molecule has 48 valence electrons. The molecule has 1 heteroatoms. The zero-order valence-corrected chi connectivity index (χ0v) is 6.46. The number of hydrogen-bond donors (Lipinski definition) is 0. The van der Waals surface area contributed by atoms with E-state index in [1.807, 2.05) is 18.2 Å². The van der Waals surface area contributed by atoms with Crippen molar-refractivity contribution in [3.8, 4) is 0 Å². The van der Waals surface area contributed by atoms with Crippen molar-refractivity contribution in [3.63, 3.8) is 0 Å². The average Bonchev–Trinajstić information content (AvgIpc) is 1.90. The summed E-state index contributed by atoms with van der Waals surface area (Å²) in [4.78, 5) is 0. The quantitative estimate of drug-likeness (QED) is 0.520. The highest BCUT2D eigenvalue weighted by Gasteiger charge is 2.00. The van der Waals surface area contributed by atoms with Crippen LogP contribution in [0.5, 0.6) is 0 Å². The zero-order valence-electron chi connectivity index (χ0n) is 5.46. The second-order valence-electron chi connectivity index (χ2n) is 2.13. The Kier molecular flexibility index (Phi) is 2.17. The van der Waals surface area contributed by atoms with E-state index in [9.17, 15) is 0 Å². The van der Waals surface area contributed by atoms with Crippen molar-refractivity contribution in [2.75, 3.05) is 0 Å². The molecule has 0 saturated carbocycles. The zero-order chi connectivity index (χ0) is 6.69. The molecule has 0 nitrogen and oxygen atoms in total. The van der Waals surface area contributed by atoms with Gasteiger partial charge >= 0.3 is 0 Å². The monoisotopic (exact) mass is 139 g/mol. The van der Waals surface area contributed by atoms with E-state index in [2.05, 4.69) is 31.7 Å². The van der Waals surface area contributed by atoms with E-state index in [1.165, 1.54) is 5.56 Å². The van der Waals surface area contributed by atoms with Crippen LogP contribution in [0.25, 0.3) is 0 Å². The fourth-order valence-electron chi connectivity index (χ4n) is 0.742. The smallest absolute Gasteiger partial charge is 0.0622 e. The summed E-state index contributed by atoms with van der Waals surface area (Å²) in [5.74, 6) is 0. The largest absolute Gasteiger partial charge is 0.135 e. The molecule has 0 aromatic heterocycles. The lowest BCUT2D eigenvalue weighted by Gasteiger charge is -1.95. The van der Waals surface area contributed by atoms with Crippen molar-refractivity contribution in [1.29, 1.82) is 0 Å². The molecule has 0 aliphatic carbocycles. The van der Waals surface area contributed by atoms with Gasteiger partial charge in [-0.2, -0.15) is 0 Å². The predicted octanol–water partition coefficient (Wildman–Crippen LogP) is 1.76. The van der Waals surface area contributed by atoms with Crippen LogP contribution in [0.15, 0.2) is 30.3 Å². The Morgan fingerprint density at radius 2 is 1.78 bits per heavy atom. The topological polar surface area (TPSA) is 0 Å². The Labute approximate surface area is 61.3 Å². The van der Waals surface area contributed by atoms with Gasteiger partial charge in [0.1, 0.15) is 5.25 Å². The molecule has 1 atom stereocenters. The Morgan fingerprint density at radius 1 is 1.22 bits per heavy atom. The van der Waals surface area contributed by atoms with Crippen molar-refractivity contribution in [2.24, 2.45) is 0 Å². The summed E-state index contributed by atoms with van der Waals surface area (Å²) >= 11 is 3.53. The number of rotatable bonds is 1. The first kappa shape index (κ1) is 6.69. The van der Waals surface area contributed by atoms with E-state index in [0.29, 0.717) is 5.25 Å². The van der Waals surface area contributed by atoms with Crippen LogP contribution in [0, 0.1) is 0 Å². The van der Waals surface area contributed by atoms with E-state index in [-0.39, 0.29) is 0 Å². The van der Waals surface area contributed by atoms with Gasteiger partial charge in [-0.1, -0.05) is 30.3 Å². The van der Waals surface area contributed by atoms with E-state index < -0.39 is 0 Å².